The molecule has 0 radical (unpaired) electrons. The highest BCUT2D eigenvalue weighted by Gasteiger charge is 2.24. The summed E-state index contributed by atoms with van der Waals surface area (Å²) in [6.07, 6.45) is 4.73. The second-order valence-corrected chi connectivity index (χ2v) is 6.22. The fourth-order valence-electron chi connectivity index (χ4n) is 2.77. The first kappa shape index (κ1) is 16.5. The van der Waals surface area contributed by atoms with Crippen molar-refractivity contribution >= 4 is 23.4 Å². The number of likely N-dealkylation sites (tertiary alicyclic amines) is 1. The Morgan fingerprint density at radius 1 is 1.00 bits per heavy atom. The number of halogens is 1. The van der Waals surface area contributed by atoms with E-state index >= 15 is 0 Å². The van der Waals surface area contributed by atoms with Crippen molar-refractivity contribution in [3.63, 3.8) is 0 Å². The molecule has 0 atom stereocenters. The minimum atomic E-state index is -0.106. The van der Waals surface area contributed by atoms with Gasteiger partial charge in [-0.3, -0.25) is 14.6 Å². The van der Waals surface area contributed by atoms with E-state index < -0.39 is 0 Å². The molecule has 0 bridgehead atoms. The molecule has 1 aromatic heterocycles. The average Bonchev–Trinajstić information content (AvgIpc) is 2.63. The SMILES string of the molecule is O=C(NC1CCN(C(=O)c2ccncc2)CC1)c1ccc(Cl)cc1. The lowest BCUT2D eigenvalue weighted by Crippen LogP contribution is -2.46. The van der Waals surface area contributed by atoms with Crippen LogP contribution >= 0.6 is 11.6 Å². The molecule has 124 valence electrons. The molecule has 2 heterocycles. The number of pyridine rings is 1. The predicted molar refractivity (Wildman–Crippen MR) is 92.1 cm³/mol. The molecule has 1 aromatic carbocycles. The number of hydrogen-bond donors (Lipinski definition) is 1. The van der Waals surface area contributed by atoms with Crippen LogP contribution in [0, 0.1) is 0 Å². The van der Waals surface area contributed by atoms with Crippen LogP contribution in [0.1, 0.15) is 33.6 Å². The zero-order valence-electron chi connectivity index (χ0n) is 13.1. The van der Waals surface area contributed by atoms with Crippen molar-refractivity contribution in [1.29, 1.82) is 0 Å². The highest BCUT2D eigenvalue weighted by atomic mass is 35.5. The van der Waals surface area contributed by atoms with Crippen LogP contribution in [-0.4, -0.2) is 40.8 Å². The highest BCUT2D eigenvalue weighted by Crippen LogP contribution is 2.15. The van der Waals surface area contributed by atoms with Gasteiger partial charge in [0, 0.05) is 47.7 Å². The molecule has 1 aliphatic rings. The number of nitrogens with one attached hydrogen (secondary N) is 1. The summed E-state index contributed by atoms with van der Waals surface area (Å²) in [6.45, 7) is 1.26. The van der Waals surface area contributed by atoms with Crippen LogP contribution in [0.15, 0.2) is 48.8 Å². The van der Waals surface area contributed by atoms with Crippen LogP contribution in [0.25, 0.3) is 0 Å². The van der Waals surface area contributed by atoms with Crippen molar-refractivity contribution in [2.24, 2.45) is 0 Å². The fraction of sp³-hybridized carbons (Fsp3) is 0.278. The van der Waals surface area contributed by atoms with Crippen molar-refractivity contribution in [1.82, 2.24) is 15.2 Å². The Morgan fingerprint density at radius 3 is 2.25 bits per heavy atom. The molecule has 24 heavy (non-hydrogen) atoms. The number of carbonyl (C=O) groups is 2. The normalized spacial score (nSPS) is 15.1. The van der Waals surface area contributed by atoms with E-state index in [1.807, 2.05) is 4.90 Å². The van der Waals surface area contributed by atoms with Gasteiger partial charge in [0.1, 0.15) is 0 Å². The van der Waals surface area contributed by atoms with Crippen LogP contribution in [-0.2, 0) is 0 Å². The van der Waals surface area contributed by atoms with E-state index in [2.05, 4.69) is 10.3 Å². The predicted octanol–water partition coefficient (Wildman–Crippen LogP) is 2.77. The number of nitrogens with zero attached hydrogens (tertiary/aromatic N) is 2. The van der Waals surface area contributed by atoms with Crippen molar-refractivity contribution in [3.8, 4) is 0 Å². The van der Waals surface area contributed by atoms with E-state index in [-0.39, 0.29) is 17.9 Å². The van der Waals surface area contributed by atoms with Gasteiger partial charge in [-0.05, 0) is 49.2 Å². The lowest BCUT2D eigenvalue weighted by atomic mass is 10.0. The summed E-state index contributed by atoms with van der Waals surface area (Å²) >= 11 is 5.83. The first-order valence-electron chi connectivity index (χ1n) is 7.89. The van der Waals surface area contributed by atoms with Crippen LogP contribution in [0.4, 0.5) is 0 Å². The van der Waals surface area contributed by atoms with E-state index in [0.717, 1.165) is 12.8 Å². The Morgan fingerprint density at radius 2 is 1.62 bits per heavy atom. The molecule has 2 aromatic rings. The first-order chi connectivity index (χ1) is 11.6. The quantitative estimate of drug-likeness (QED) is 0.932. The molecule has 1 saturated heterocycles. The van der Waals surface area contributed by atoms with E-state index in [0.29, 0.717) is 29.2 Å². The fourth-order valence-corrected chi connectivity index (χ4v) is 2.90. The molecule has 1 N–H and O–H groups in total. The maximum absolute atomic E-state index is 12.4. The lowest BCUT2D eigenvalue weighted by Gasteiger charge is -2.32. The van der Waals surface area contributed by atoms with Gasteiger partial charge in [0.05, 0.1) is 0 Å². The first-order valence-corrected chi connectivity index (χ1v) is 8.27. The summed E-state index contributed by atoms with van der Waals surface area (Å²) in [5.41, 5.74) is 1.24. The monoisotopic (exact) mass is 343 g/mol. The Kier molecular flexibility index (Phi) is 5.11. The molecular formula is C18H18ClN3O2. The minimum absolute atomic E-state index is 0.0138. The average molecular weight is 344 g/mol. The number of piperidine rings is 1. The second kappa shape index (κ2) is 7.45. The van der Waals surface area contributed by atoms with Gasteiger partial charge in [-0.25, -0.2) is 0 Å². The summed E-state index contributed by atoms with van der Waals surface area (Å²) in [4.78, 5) is 30.3. The lowest BCUT2D eigenvalue weighted by molar-refractivity contribution is 0.0698. The maximum atomic E-state index is 12.4. The number of hydrogen-bond acceptors (Lipinski definition) is 3. The van der Waals surface area contributed by atoms with Crippen molar-refractivity contribution in [2.75, 3.05) is 13.1 Å². The van der Waals surface area contributed by atoms with E-state index in [4.69, 9.17) is 11.6 Å². The topological polar surface area (TPSA) is 62.3 Å². The Balaban J connectivity index is 1.53. The highest BCUT2D eigenvalue weighted by molar-refractivity contribution is 6.30. The molecule has 0 saturated carbocycles. The third-order valence-electron chi connectivity index (χ3n) is 4.15. The number of aromatic nitrogens is 1. The largest absolute Gasteiger partial charge is 0.349 e. The van der Waals surface area contributed by atoms with Crippen LogP contribution in [0.2, 0.25) is 5.02 Å². The van der Waals surface area contributed by atoms with Gasteiger partial charge >= 0.3 is 0 Å². The van der Waals surface area contributed by atoms with Gasteiger partial charge in [-0.1, -0.05) is 11.6 Å². The molecule has 1 aliphatic heterocycles. The molecular weight excluding hydrogens is 326 g/mol. The number of amides is 2. The zero-order valence-corrected chi connectivity index (χ0v) is 13.9. The van der Waals surface area contributed by atoms with Gasteiger partial charge in [0.15, 0.2) is 0 Å². The second-order valence-electron chi connectivity index (χ2n) is 5.78. The van der Waals surface area contributed by atoms with Crippen LogP contribution in [0.5, 0.6) is 0 Å². The Hall–Kier alpha value is -2.40. The van der Waals surface area contributed by atoms with E-state index in [1.165, 1.54) is 0 Å². The molecule has 3 rings (SSSR count). The Bertz CT molecular complexity index is 711. The van der Waals surface area contributed by atoms with E-state index in [9.17, 15) is 9.59 Å². The molecule has 0 spiro atoms. The number of rotatable bonds is 3. The van der Waals surface area contributed by atoms with Gasteiger partial charge in [0.25, 0.3) is 11.8 Å². The molecule has 5 nitrogen and oxygen atoms in total. The minimum Gasteiger partial charge on any atom is -0.349 e. The Labute approximate surface area is 145 Å². The van der Waals surface area contributed by atoms with Crippen LogP contribution in [0.3, 0.4) is 0 Å². The number of carbonyl (C=O) groups excluding carboxylic acids is 2. The smallest absolute Gasteiger partial charge is 0.253 e. The summed E-state index contributed by atoms with van der Waals surface area (Å²) in [5, 5.41) is 3.63. The summed E-state index contributed by atoms with van der Waals surface area (Å²) in [6, 6.07) is 10.3. The molecule has 0 aliphatic carbocycles. The summed E-state index contributed by atoms with van der Waals surface area (Å²) in [7, 11) is 0. The van der Waals surface area contributed by atoms with Crippen molar-refractivity contribution in [2.45, 2.75) is 18.9 Å². The molecule has 0 unspecified atom stereocenters. The molecule has 6 heteroatoms. The van der Waals surface area contributed by atoms with Gasteiger partial charge < -0.3 is 10.2 Å². The maximum Gasteiger partial charge on any atom is 0.253 e. The van der Waals surface area contributed by atoms with E-state index in [1.54, 1.807) is 48.8 Å². The summed E-state index contributed by atoms with van der Waals surface area (Å²) in [5.74, 6) is -0.0922. The van der Waals surface area contributed by atoms with Gasteiger partial charge in [0.2, 0.25) is 0 Å². The van der Waals surface area contributed by atoms with Crippen molar-refractivity contribution in [3.05, 3.63) is 64.9 Å². The standard InChI is InChI=1S/C18H18ClN3O2/c19-15-3-1-13(2-4-15)17(23)21-16-7-11-22(12-8-16)18(24)14-5-9-20-10-6-14/h1-6,9-10,16H,7-8,11-12H2,(H,21,23). The third kappa shape index (κ3) is 3.92. The molecule has 2 amide bonds. The van der Waals surface area contributed by atoms with Gasteiger partial charge in [-0.2, -0.15) is 0 Å². The third-order valence-corrected chi connectivity index (χ3v) is 4.40. The van der Waals surface area contributed by atoms with Gasteiger partial charge in [-0.15, -0.1) is 0 Å². The summed E-state index contributed by atoms with van der Waals surface area (Å²) < 4.78 is 0. The number of benzene rings is 1. The van der Waals surface area contributed by atoms with Crippen LogP contribution < -0.4 is 5.32 Å². The zero-order chi connectivity index (χ0) is 16.9. The molecule has 1 fully saturated rings. The van der Waals surface area contributed by atoms with Crippen molar-refractivity contribution < 1.29 is 9.59 Å².